The van der Waals surface area contributed by atoms with Gasteiger partial charge in [-0.05, 0) is 55.0 Å². The highest BCUT2D eigenvalue weighted by molar-refractivity contribution is 7.85. The van der Waals surface area contributed by atoms with E-state index in [4.69, 9.17) is 22.1 Å². The Labute approximate surface area is 126 Å². The summed E-state index contributed by atoms with van der Waals surface area (Å²) in [5, 5.41) is 0.650. The van der Waals surface area contributed by atoms with E-state index >= 15 is 0 Å². The van der Waals surface area contributed by atoms with Crippen molar-refractivity contribution in [3.05, 3.63) is 53.6 Å². The fourth-order valence-electron chi connectivity index (χ4n) is 1.65. The monoisotopic (exact) mass is 309 g/mol. The van der Waals surface area contributed by atoms with Crippen LogP contribution in [0.2, 0.25) is 5.02 Å². The Morgan fingerprint density at radius 1 is 1.05 bits per heavy atom. The minimum Gasteiger partial charge on any atom is -0.494 e. The van der Waals surface area contributed by atoms with E-state index in [-0.39, 0.29) is 0 Å². The predicted octanol–water partition coefficient (Wildman–Crippen LogP) is 3.50. The topological polar surface area (TPSA) is 52.3 Å². The average molecular weight is 310 g/mol. The molecule has 5 heteroatoms. The predicted molar refractivity (Wildman–Crippen MR) is 83.7 cm³/mol. The summed E-state index contributed by atoms with van der Waals surface area (Å²) in [6, 6.07) is 14.3. The second-order valence-electron chi connectivity index (χ2n) is 4.27. The number of anilines is 1. The van der Waals surface area contributed by atoms with Gasteiger partial charge < -0.3 is 10.5 Å². The Bertz CT molecular complexity index is 569. The first-order valence-corrected chi connectivity index (χ1v) is 7.97. The van der Waals surface area contributed by atoms with E-state index in [1.807, 2.05) is 12.1 Å². The zero-order valence-electron chi connectivity index (χ0n) is 10.9. The van der Waals surface area contributed by atoms with E-state index in [1.165, 1.54) is 0 Å². The van der Waals surface area contributed by atoms with Crippen molar-refractivity contribution in [3.8, 4) is 5.75 Å². The summed E-state index contributed by atoms with van der Waals surface area (Å²) in [6.45, 7) is 0.531. The molecule has 0 heterocycles. The number of nitrogen functional groups attached to an aromatic ring is 1. The van der Waals surface area contributed by atoms with Gasteiger partial charge in [-0.2, -0.15) is 0 Å². The molecule has 0 saturated heterocycles. The number of ether oxygens (including phenoxy) is 1. The first kappa shape index (κ1) is 14.9. The van der Waals surface area contributed by atoms with Gasteiger partial charge in [0.2, 0.25) is 0 Å². The van der Waals surface area contributed by atoms with Gasteiger partial charge in [0.05, 0.1) is 17.4 Å². The van der Waals surface area contributed by atoms with Crippen molar-refractivity contribution in [1.29, 1.82) is 0 Å². The fraction of sp³-hybridized carbons (Fsp3) is 0.200. The quantitative estimate of drug-likeness (QED) is 0.656. The zero-order valence-corrected chi connectivity index (χ0v) is 12.5. The Morgan fingerprint density at radius 2 is 1.70 bits per heavy atom. The highest BCUT2D eigenvalue weighted by Crippen LogP contribution is 2.15. The number of benzene rings is 2. The van der Waals surface area contributed by atoms with Crippen LogP contribution in [0.15, 0.2) is 53.4 Å². The van der Waals surface area contributed by atoms with Crippen LogP contribution in [0.3, 0.4) is 0 Å². The van der Waals surface area contributed by atoms with E-state index in [1.54, 1.807) is 36.4 Å². The first-order chi connectivity index (χ1) is 9.65. The maximum Gasteiger partial charge on any atom is 0.119 e. The Kier molecular flexibility index (Phi) is 5.44. The number of hydrogen-bond acceptors (Lipinski definition) is 3. The summed E-state index contributed by atoms with van der Waals surface area (Å²) in [6.07, 6.45) is 0.722. The molecule has 0 aliphatic carbocycles. The lowest BCUT2D eigenvalue weighted by molar-refractivity contribution is 0.318. The van der Waals surface area contributed by atoms with E-state index in [2.05, 4.69) is 0 Å². The van der Waals surface area contributed by atoms with Gasteiger partial charge in [0.25, 0.3) is 0 Å². The SMILES string of the molecule is Nc1ccc(OCCCS(=O)c2ccc(Cl)cc2)cc1. The van der Waals surface area contributed by atoms with Gasteiger partial charge in [0, 0.05) is 21.4 Å². The lowest BCUT2D eigenvalue weighted by Gasteiger charge is -2.06. The van der Waals surface area contributed by atoms with E-state index < -0.39 is 10.8 Å². The molecule has 2 aromatic carbocycles. The third kappa shape index (κ3) is 4.54. The van der Waals surface area contributed by atoms with Gasteiger partial charge in [0.1, 0.15) is 5.75 Å². The molecule has 2 aromatic rings. The second kappa shape index (κ2) is 7.31. The smallest absolute Gasteiger partial charge is 0.119 e. The molecule has 0 saturated carbocycles. The summed E-state index contributed by atoms with van der Waals surface area (Å²) in [5.41, 5.74) is 6.30. The number of nitrogens with two attached hydrogens (primary N) is 1. The van der Waals surface area contributed by atoms with Crippen LogP contribution >= 0.6 is 11.6 Å². The molecule has 0 radical (unpaired) electrons. The molecular formula is C15H16ClNO2S. The molecule has 3 nitrogen and oxygen atoms in total. The van der Waals surface area contributed by atoms with Crippen molar-refractivity contribution in [1.82, 2.24) is 0 Å². The molecule has 0 amide bonds. The molecule has 2 N–H and O–H groups in total. The maximum absolute atomic E-state index is 12.0. The molecule has 1 atom stereocenters. The summed E-state index contributed by atoms with van der Waals surface area (Å²) in [7, 11) is -1.01. The van der Waals surface area contributed by atoms with Crippen molar-refractivity contribution >= 4 is 28.1 Å². The van der Waals surface area contributed by atoms with Crippen molar-refractivity contribution in [2.75, 3.05) is 18.1 Å². The molecule has 0 fully saturated rings. The largest absolute Gasteiger partial charge is 0.494 e. The number of hydrogen-bond donors (Lipinski definition) is 1. The van der Waals surface area contributed by atoms with Crippen LogP contribution in [0.4, 0.5) is 5.69 Å². The molecule has 0 aliphatic heterocycles. The summed E-state index contributed by atoms with van der Waals surface area (Å²) < 4.78 is 17.6. The molecule has 0 spiro atoms. The maximum atomic E-state index is 12.0. The van der Waals surface area contributed by atoms with Gasteiger partial charge in [-0.1, -0.05) is 11.6 Å². The van der Waals surface area contributed by atoms with Crippen molar-refractivity contribution in [2.24, 2.45) is 0 Å². The van der Waals surface area contributed by atoms with Crippen molar-refractivity contribution in [2.45, 2.75) is 11.3 Å². The zero-order chi connectivity index (χ0) is 14.4. The first-order valence-electron chi connectivity index (χ1n) is 6.27. The van der Waals surface area contributed by atoms with E-state index in [9.17, 15) is 4.21 Å². The van der Waals surface area contributed by atoms with Crippen LogP contribution in [-0.4, -0.2) is 16.6 Å². The van der Waals surface area contributed by atoms with Gasteiger partial charge in [-0.3, -0.25) is 4.21 Å². The van der Waals surface area contributed by atoms with Crippen LogP contribution in [-0.2, 0) is 10.8 Å². The molecule has 106 valence electrons. The van der Waals surface area contributed by atoms with Crippen LogP contribution < -0.4 is 10.5 Å². The lowest BCUT2D eigenvalue weighted by Crippen LogP contribution is -2.05. The molecular weight excluding hydrogens is 294 g/mol. The molecule has 0 aromatic heterocycles. The summed E-state index contributed by atoms with van der Waals surface area (Å²) in [4.78, 5) is 0.793. The standard InChI is InChI=1S/C15H16ClNO2S/c16-12-2-8-15(9-3-12)20(18)11-1-10-19-14-6-4-13(17)5-7-14/h2-9H,1,10-11,17H2. The van der Waals surface area contributed by atoms with Crippen molar-refractivity contribution in [3.63, 3.8) is 0 Å². The van der Waals surface area contributed by atoms with Gasteiger partial charge >= 0.3 is 0 Å². The molecule has 0 aliphatic rings. The van der Waals surface area contributed by atoms with Crippen LogP contribution in [0.5, 0.6) is 5.75 Å². The minimum absolute atomic E-state index is 0.531. The molecule has 2 rings (SSSR count). The Balaban J connectivity index is 1.74. The van der Waals surface area contributed by atoms with Gasteiger partial charge in [-0.25, -0.2) is 0 Å². The number of rotatable bonds is 6. The van der Waals surface area contributed by atoms with E-state index in [0.717, 1.165) is 17.1 Å². The highest BCUT2D eigenvalue weighted by atomic mass is 35.5. The second-order valence-corrected chi connectivity index (χ2v) is 6.28. The molecule has 20 heavy (non-hydrogen) atoms. The Hall–Kier alpha value is -1.52. The van der Waals surface area contributed by atoms with Gasteiger partial charge in [-0.15, -0.1) is 0 Å². The van der Waals surface area contributed by atoms with Crippen molar-refractivity contribution < 1.29 is 8.95 Å². The van der Waals surface area contributed by atoms with Gasteiger partial charge in [0.15, 0.2) is 0 Å². The van der Waals surface area contributed by atoms with Crippen LogP contribution in [0.25, 0.3) is 0 Å². The van der Waals surface area contributed by atoms with Crippen LogP contribution in [0.1, 0.15) is 6.42 Å². The molecule has 1 unspecified atom stereocenters. The third-order valence-corrected chi connectivity index (χ3v) is 4.41. The summed E-state index contributed by atoms with van der Waals surface area (Å²) >= 11 is 5.79. The lowest BCUT2D eigenvalue weighted by atomic mass is 10.3. The summed E-state index contributed by atoms with van der Waals surface area (Å²) in [5.74, 6) is 1.34. The van der Waals surface area contributed by atoms with Crippen LogP contribution in [0, 0.1) is 0 Å². The third-order valence-electron chi connectivity index (χ3n) is 2.70. The highest BCUT2D eigenvalue weighted by Gasteiger charge is 2.03. The average Bonchev–Trinajstić information content (AvgIpc) is 2.46. The minimum atomic E-state index is -1.01. The van der Waals surface area contributed by atoms with E-state index in [0.29, 0.717) is 23.1 Å². The fourth-order valence-corrected chi connectivity index (χ4v) is 2.83. The number of halogens is 1. The Morgan fingerprint density at radius 3 is 2.35 bits per heavy atom. The normalized spacial score (nSPS) is 12.1. The molecule has 0 bridgehead atoms.